The quantitative estimate of drug-likeness (QED) is 0.202. The Morgan fingerprint density at radius 2 is 1.64 bits per heavy atom. The van der Waals surface area contributed by atoms with Gasteiger partial charge in [-0.15, -0.1) is 0 Å². The van der Waals surface area contributed by atoms with E-state index < -0.39 is 6.03 Å². The average Bonchev–Trinajstić information content (AvgIpc) is 2.89. The first-order valence-electron chi connectivity index (χ1n) is 11.2. The molecule has 0 aliphatic rings. The van der Waals surface area contributed by atoms with Crippen molar-refractivity contribution in [3.63, 3.8) is 0 Å². The molecule has 4 N–H and O–H groups in total. The summed E-state index contributed by atoms with van der Waals surface area (Å²) in [6.45, 7) is 1.97. The molecular weight excluding hydrogens is 458 g/mol. The summed E-state index contributed by atoms with van der Waals surface area (Å²) in [7, 11) is 4.88. The number of amidine groups is 1. The predicted octanol–water partition coefficient (Wildman–Crippen LogP) is 5.54. The van der Waals surface area contributed by atoms with E-state index in [0.717, 1.165) is 10.9 Å². The lowest BCUT2D eigenvalue weighted by Crippen LogP contribution is -2.34. The van der Waals surface area contributed by atoms with Crippen LogP contribution in [0.4, 0.5) is 16.2 Å². The van der Waals surface area contributed by atoms with Crippen molar-refractivity contribution in [1.29, 1.82) is 5.41 Å². The van der Waals surface area contributed by atoms with Gasteiger partial charge in [-0.1, -0.05) is 17.7 Å². The number of nitrogens with one attached hydrogen (secondary N) is 4. The monoisotopic (exact) mass is 485 g/mol. The van der Waals surface area contributed by atoms with E-state index in [4.69, 9.17) is 19.6 Å². The number of aryl methyl sites for hydroxylation is 1. The van der Waals surface area contributed by atoms with E-state index >= 15 is 0 Å². The van der Waals surface area contributed by atoms with Crippen LogP contribution in [-0.2, 0) is 0 Å². The predicted molar refractivity (Wildman–Crippen MR) is 141 cm³/mol. The van der Waals surface area contributed by atoms with Crippen LogP contribution in [0.2, 0.25) is 0 Å². The number of aromatic nitrogens is 1. The van der Waals surface area contributed by atoms with Crippen LogP contribution in [0.25, 0.3) is 10.9 Å². The molecule has 0 saturated heterocycles. The molecule has 0 radical (unpaired) electrons. The summed E-state index contributed by atoms with van der Waals surface area (Å²) in [5, 5.41) is 17.5. The highest BCUT2D eigenvalue weighted by Gasteiger charge is 2.15. The van der Waals surface area contributed by atoms with Gasteiger partial charge in [-0.2, -0.15) is 0 Å². The minimum absolute atomic E-state index is 0.0540. The maximum Gasteiger partial charge on any atom is 0.324 e. The zero-order chi connectivity index (χ0) is 25.7. The number of benzene rings is 3. The van der Waals surface area contributed by atoms with Gasteiger partial charge < -0.3 is 24.8 Å². The van der Waals surface area contributed by atoms with Crippen molar-refractivity contribution in [1.82, 2.24) is 10.3 Å². The third-order valence-corrected chi connectivity index (χ3v) is 5.51. The first kappa shape index (κ1) is 24.3. The highest BCUT2D eigenvalue weighted by atomic mass is 16.5. The fraction of sp³-hybridized carbons (Fsp3) is 0.148. The molecular formula is C27H27N5O4. The van der Waals surface area contributed by atoms with Crippen molar-refractivity contribution in [2.24, 2.45) is 0 Å². The number of rotatable bonds is 7. The molecule has 0 aliphatic heterocycles. The first-order chi connectivity index (χ1) is 17.4. The third kappa shape index (κ3) is 5.30. The Kier molecular flexibility index (Phi) is 7.20. The maximum absolute atomic E-state index is 12.4. The normalized spacial score (nSPS) is 10.4. The zero-order valence-corrected chi connectivity index (χ0v) is 20.4. The number of carbonyl (C=O) groups excluding carboxylic acids is 1. The number of nitrogens with zero attached hydrogens (tertiary/aromatic N) is 1. The van der Waals surface area contributed by atoms with Crippen molar-refractivity contribution in [2.45, 2.75) is 6.92 Å². The van der Waals surface area contributed by atoms with E-state index in [2.05, 4.69) is 20.9 Å². The Labute approximate surface area is 208 Å². The molecule has 0 aliphatic carbocycles. The molecule has 2 amide bonds. The van der Waals surface area contributed by atoms with Gasteiger partial charge in [-0.3, -0.25) is 15.7 Å². The number of urea groups is 1. The first-order valence-corrected chi connectivity index (χ1v) is 11.2. The van der Waals surface area contributed by atoms with Crippen LogP contribution < -0.4 is 30.2 Å². The van der Waals surface area contributed by atoms with Crippen LogP contribution in [0, 0.1) is 12.3 Å². The van der Waals surface area contributed by atoms with E-state index in [1.807, 2.05) is 25.1 Å². The molecule has 0 atom stereocenters. The second-order valence-electron chi connectivity index (χ2n) is 7.91. The number of amides is 2. The molecule has 0 bridgehead atoms. The van der Waals surface area contributed by atoms with Crippen molar-refractivity contribution in [3.8, 4) is 23.0 Å². The fourth-order valence-electron chi connectivity index (χ4n) is 3.66. The van der Waals surface area contributed by atoms with E-state index in [0.29, 0.717) is 45.5 Å². The van der Waals surface area contributed by atoms with E-state index in [9.17, 15) is 4.79 Å². The van der Waals surface area contributed by atoms with Gasteiger partial charge in [0.25, 0.3) is 0 Å². The number of methoxy groups -OCH3 is 2. The Balaban J connectivity index is 1.53. The lowest BCUT2D eigenvalue weighted by Gasteiger charge is -2.15. The molecule has 184 valence electrons. The van der Waals surface area contributed by atoms with Gasteiger partial charge >= 0.3 is 6.03 Å². The molecule has 4 aromatic rings. The molecule has 9 heteroatoms. The van der Waals surface area contributed by atoms with Crippen molar-refractivity contribution < 1.29 is 19.0 Å². The second-order valence-corrected chi connectivity index (χ2v) is 7.91. The Morgan fingerprint density at radius 3 is 2.33 bits per heavy atom. The average molecular weight is 486 g/mol. The SMILES string of the molecule is CNc1cc(Oc2ccnc3cc(OC)c(OC)cc23)ccc1C(=N)NC(=O)Nc1ccc(C)cc1. The van der Waals surface area contributed by atoms with Gasteiger partial charge in [0, 0.05) is 47.7 Å². The lowest BCUT2D eigenvalue weighted by molar-refractivity contribution is 0.256. The number of ether oxygens (including phenoxy) is 3. The lowest BCUT2D eigenvalue weighted by atomic mass is 10.1. The minimum atomic E-state index is -0.501. The minimum Gasteiger partial charge on any atom is -0.493 e. The molecule has 0 spiro atoms. The summed E-state index contributed by atoms with van der Waals surface area (Å²) in [6.07, 6.45) is 1.66. The third-order valence-electron chi connectivity index (χ3n) is 5.51. The smallest absolute Gasteiger partial charge is 0.324 e. The maximum atomic E-state index is 12.4. The molecule has 9 nitrogen and oxygen atoms in total. The number of fused-ring (bicyclic) bond motifs is 1. The summed E-state index contributed by atoms with van der Waals surface area (Å²) in [5.41, 5.74) is 3.55. The van der Waals surface area contributed by atoms with Gasteiger partial charge in [-0.05, 0) is 43.3 Å². The molecule has 4 rings (SSSR count). The summed E-state index contributed by atoms with van der Waals surface area (Å²) in [6, 6.07) is 17.5. The Bertz CT molecular complexity index is 1420. The molecule has 1 heterocycles. The van der Waals surface area contributed by atoms with Gasteiger partial charge in [0.1, 0.15) is 17.3 Å². The Hall–Kier alpha value is -4.79. The van der Waals surface area contributed by atoms with Gasteiger partial charge in [-0.25, -0.2) is 4.79 Å². The number of hydrogen-bond acceptors (Lipinski definition) is 7. The Morgan fingerprint density at radius 1 is 0.917 bits per heavy atom. The van der Waals surface area contributed by atoms with E-state index in [1.54, 1.807) is 69.9 Å². The van der Waals surface area contributed by atoms with Crippen LogP contribution in [0.5, 0.6) is 23.0 Å². The molecule has 0 saturated carbocycles. The largest absolute Gasteiger partial charge is 0.493 e. The van der Waals surface area contributed by atoms with E-state index in [-0.39, 0.29) is 5.84 Å². The van der Waals surface area contributed by atoms with Crippen LogP contribution >= 0.6 is 0 Å². The molecule has 1 aromatic heterocycles. The highest BCUT2D eigenvalue weighted by Crippen LogP contribution is 2.37. The number of carbonyl (C=O) groups is 1. The molecule has 3 aromatic carbocycles. The molecule has 0 unspecified atom stereocenters. The fourth-order valence-corrected chi connectivity index (χ4v) is 3.66. The molecule has 36 heavy (non-hydrogen) atoms. The van der Waals surface area contributed by atoms with Crippen LogP contribution in [0.1, 0.15) is 11.1 Å². The summed E-state index contributed by atoms with van der Waals surface area (Å²) < 4.78 is 17.0. The number of hydrogen-bond donors (Lipinski definition) is 4. The number of pyridine rings is 1. The van der Waals surface area contributed by atoms with Crippen LogP contribution in [-0.4, -0.2) is 38.1 Å². The summed E-state index contributed by atoms with van der Waals surface area (Å²) >= 11 is 0. The van der Waals surface area contributed by atoms with Gasteiger partial charge in [0.2, 0.25) is 0 Å². The van der Waals surface area contributed by atoms with Crippen molar-refractivity contribution in [2.75, 3.05) is 31.9 Å². The summed E-state index contributed by atoms with van der Waals surface area (Å²) in [5.74, 6) is 2.22. The number of anilines is 2. The van der Waals surface area contributed by atoms with Gasteiger partial charge in [0.15, 0.2) is 11.5 Å². The highest BCUT2D eigenvalue weighted by molar-refractivity contribution is 6.11. The van der Waals surface area contributed by atoms with Crippen LogP contribution in [0.15, 0.2) is 66.9 Å². The van der Waals surface area contributed by atoms with Crippen LogP contribution in [0.3, 0.4) is 0 Å². The van der Waals surface area contributed by atoms with Gasteiger partial charge in [0.05, 0.1) is 19.7 Å². The second kappa shape index (κ2) is 10.6. The molecule has 0 fully saturated rings. The topological polar surface area (TPSA) is 118 Å². The standard InChI is InChI=1S/C27H27N5O4/c1-16-5-7-17(8-6-16)31-27(33)32-26(28)19-10-9-18(13-21(19)29-2)36-23-11-12-30-22-15-25(35-4)24(34-3)14-20(22)23/h5-15,29H,1-4H3,(H3,28,31,32,33). The van der Waals surface area contributed by atoms with E-state index in [1.165, 1.54) is 0 Å². The van der Waals surface area contributed by atoms with Crippen molar-refractivity contribution in [3.05, 3.63) is 78.0 Å². The zero-order valence-electron chi connectivity index (χ0n) is 20.4. The van der Waals surface area contributed by atoms with Crippen molar-refractivity contribution >= 4 is 34.1 Å². The summed E-state index contributed by atoms with van der Waals surface area (Å²) in [4.78, 5) is 16.8.